The molecule has 8 heteroatoms. The maximum atomic E-state index is 11.5. The third kappa shape index (κ3) is 7.07. The van der Waals surface area contributed by atoms with Crippen LogP contribution in [0.5, 0.6) is 5.75 Å². The highest BCUT2D eigenvalue weighted by Gasteiger charge is 2.12. The number of imide groups is 1. The van der Waals surface area contributed by atoms with Crippen LogP contribution >= 0.6 is 0 Å². The predicted molar refractivity (Wildman–Crippen MR) is 80.1 cm³/mol. The second-order valence-electron chi connectivity index (χ2n) is 4.78. The molecule has 0 saturated heterocycles. The molecule has 1 aromatic carbocycles. The fourth-order valence-electron chi connectivity index (χ4n) is 1.49. The Bertz CT molecular complexity index is 585. The van der Waals surface area contributed by atoms with Crippen molar-refractivity contribution in [3.8, 4) is 5.75 Å². The average Bonchev–Trinajstić information content (AvgIpc) is 2.50. The highest BCUT2D eigenvalue weighted by atomic mass is 16.6. The van der Waals surface area contributed by atoms with Crippen LogP contribution in [0.15, 0.2) is 24.3 Å². The van der Waals surface area contributed by atoms with Gasteiger partial charge in [0, 0.05) is 6.04 Å². The van der Waals surface area contributed by atoms with Gasteiger partial charge in [0.1, 0.15) is 5.75 Å². The molecule has 3 amide bonds. The number of hydrogen-bond donors (Lipinski definition) is 2. The Labute approximate surface area is 133 Å². The van der Waals surface area contributed by atoms with Crippen molar-refractivity contribution in [3.05, 3.63) is 29.8 Å². The maximum absolute atomic E-state index is 11.5. The van der Waals surface area contributed by atoms with Crippen LogP contribution in [-0.2, 0) is 14.3 Å². The van der Waals surface area contributed by atoms with Crippen LogP contribution in [0, 0.1) is 0 Å². The number of carbonyl (C=O) groups is 4. The van der Waals surface area contributed by atoms with Crippen LogP contribution in [-0.4, -0.2) is 43.4 Å². The zero-order chi connectivity index (χ0) is 17.2. The van der Waals surface area contributed by atoms with Crippen molar-refractivity contribution < 1.29 is 28.7 Å². The first kappa shape index (κ1) is 18.1. The molecular weight excluding hydrogens is 304 g/mol. The number of amides is 3. The fraction of sp³-hybridized carbons (Fsp3) is 0.333. The summed E-state index contributed by atoms with van der Waals surface area (Å²) in [6, 6.07) is 5.57. The average molecular weight is 322 g/mol. The van der Waals surface area contributed by atoms with Gasteiger partial charge in [-0.05, 0) is 26.0 Å². The quantitative estimate of drug-likeness (QED) is 0.563. The Morgan fingerprint density at radius 2 is 1.87 bits per heavy atom. The summed E-state index contributed by atoms with van der Waals surface area (Å²) < 4.78 is 9.80. The topological polar surface area (TPSA) is 111 Å². The zero-order valence-electron chi connectivity index (χ0n) is 12.8. The third-order valence-corrected chi connectivity index (χ3v) is 2.43. The number of ether oxygens (including phenoxy) is 2. The molecule has 0 fully saturated rings. The molecule has 1 rings (SSSR count). The predicted octanol–water partition coefficient (Wildman–Crippen LogP) is 0.655. The van der Waals surface area contributed by atoms with E-state index in [1.165, 1.54) is 12.1 Å². The van der Waals surface area contributed by atoms with Crippen LogP contribution in [0.4, 0.5) is 4.79 Å². The Balaban J connectivity index is 2.33. The van der Waals surface area contributed by atoms with Crippen molar-refractivity contribution >= 4 is 24.2 Å². The lowest BCUT2D eigenvalue weighted by Crippen LogP contribution is -2.44. The van der Waals surface area contributed by atoms with Gasteiger partial charge in [-0.2, -0.15) is 0 Å². The number of aldehydes is 1. The molecule has 0 heterocycles. The van der Waals surface area contributed by atoms with E-state index < -0.39 is 31.1 Å². The number of esters is 1. The molecule has 0 spiro atoms. The Kier molecular flexibility index (Phi) is 7.25. The largest absolute Gasteiger partial charge is 0.481 e. The van der Waals surface area contributed by atoms with Gasteiger partial charge in [0.15, 0.2) is 19.5 Å². The lowest BCUT2D eigenvalue weighted by atomic mass is 10.2. The summed E-state index contributed by atoms with van der Waals surface area (Å²) >= 11 is 0. The van der Waals surface area contributed by atoms with Crippen LogP contribution in [0.3, 0.4) is 0 Å². The Morgan fingerprint density at radius 3 is 2.52 bits per heavy atom. The first-order valence-electron chi connectivity index (χ1n) is 6.85. The lowest BCUT2D eigenvalue weighted by Gasteiger charge is -2.10. The van der Waals surface area contributed by atoms with Crippen molar-refractivity contribution in [2.24, 2.45) is 0 Å². The van der Waals surface area contributed by atoms with E-state index >= 15 is 0 Å². The van der Waals surface area contributed by atoms with Gasteiger partial charge >= 0.3 is 12.0 Å². The summed E-state index contributed by atoms with van der Waals surface area (Å²) in [6.07, 6.45) is 0.599. The van der Waals surface area contributed by atoms with Crippen molar-refractivity contribution in [2.45, 2.75) is 19.9 Å². The van der Waals surface area contributed by atoms with E-state index in [4.69, 9.17) is 4.74 Å². The number of benzene rings is 1. The molecule has 1 aromatic rings. The molecule has 0 radical (unpaired) electrons. The van der Waals surface area contributed by atoms with Crippen molar-refractivity contribution in [3.63, 3.8) is 0 Å². The summed E-state index contributed by atoms with van der Waals surface area (Å²) in [6.45, 7) is 2.40. The number of carbonyl (C=O) groups excluding carboxylic acids is 4. The summed E-state index contributed by atoms with van der Waals surface area (Å²) in [7, 11) is 0. The van der Waals surface area contributed by atoms with E-state index in [1.807, 2.05) is 5.32 Å². The first-order valence-corrected chi connectivity index (χ1v) is 6.85. The number of nitrogens with one attached hydrogen (secondary N) is 2. The van der Waals surface area contributed by atoms with Gasteiger partial charge in [0.2, 0.25) is 0 Å². The molecule has 124 valence electrons. The van der Waals surface area contributed by atoms with Crippen LogP contribution in [0.25, 0.3) is 0 Å². The molecule has 0 aliphatic rings. The van der Waals surface area contributed by atoms with E-state index in [0.717, 1.165) is 0 Å². The smallest absolute Gasteiger partial charge is 0.344 e. The van der Waals surface area contributed by atoms with Crippen molar-refractivity contribution in [1.29, 1.82) is 0 Å². The van der Waals surface area contributed by atoms with Gasteiger partial charge < -0.3 is 14.8 Å². The van der Waals surface area contributed by atoms with Crippen LogP contribution < -0.4 is 15.4 Å². The number of hydrogen-bond acceptors (Lipinski definition) is 6. The molecule has 0 atom stereocenters. The molecule has 8 nitrogen and oxygen atoms in total. The normalized spacial score (nSPS) is 9.87. The van der Waals surface area contributed by atoms with E-state index in [2.05, 4.69) is 10.1 Å². The summed E-state index contributed by atoms with van der Waals surface area (Å²) in [5.74, 6) is -1.32. The van der Waals surface area contributed by atoms with Gasteiger partial charge in [0.25, 0.3) is 5.91 Å². The van der Waals surface area contributed by atoms with E-state index in [1.54, 1.807) is 26.0 Å². The number of rotatable bonds is 7. The monoisotopic (exact) mass is 322 g/mol. The van der Waals surface area contributed by atoms with Gasteiger partial charge in [-0.25, -0.2) is 9.59 Å². The van der Waals surface area contributed by atoms with E-state index in [-0.39, 0.29) is 11.8 Å². The SMILES string of the molecule is CC(C)NC(=O)NC(=O)COC(=O)COc1ccccc1C=O. The molecule has 0 aromatic heterocycles. The minimum atomic E-state index is -0.801. The highest BCUT2D eigenvalue weighted by Crippen LogP contribution is 2.15. The zero-order valence-corrected chi connectivity index (χ0v) is 12.8. The number of urea groups is 1. The molecular formula is C15H18N2O6. The van der Waals surface area contributed by atoms with Crippen LogP contribution in [0.1, 0.15) is 24.2 Å². The van der Waals surface area contributed by atoms with Crippen molar-refractivity contribution in [2.75, 3.05) is 13.2 Å². The Hall–Kier alpha value is -2.90. The first-order chi connectivity index (χ1) is 10.9. The minimum Gasteiger partial charge on any atom is -0.481 e. The second-order valence-corrected chi connectivity index (χ2v) is 4.78. The summed E-state index contributed by atoms with van der Waals surface area (Å²) in [5.41, 5.74) is 0.295. The maximum Gasteiger partial charge on any atom is 0.344 e. The minimum absolute atomic E-state index is 0.128. The number of para-hydroxylation sites is 1. The molecule has 0 aliphatic heterocycles. The van der Waals surface area contributed by atoms with Gasteiger partial charge in [-0.3, -0.25) is 14.9 Å². The Morgan fingerprint density at radius 1 is 1.17 bits per heavy atom. The highest BCUT2D eigenvalue weighted by molar-refractivity contribution is 5.95. The summed E-state index contributed by atoms with van der Waals surface area (Å²) in [4.78, 5) is 44.9. The van der Waals surface area contributed by atoms with Crippen LogP contribution in [0.2, 0.25) is 0 Å². The van der Waals surface area contributed by atoms with Gasteiger partial charge in [-0.15, -0.1) is 0 Å². The lowest BCUT2D eigenvalue weighted by molar-refractivity contribution is -0.150. The standard InChI is InChI=1S/C15H18N2O6/c1-10(2)16-15(21)17-13(19)8-23-14(20)9-22-12-6-4-3-5-11(12)7-18/h3-7,10H,8-9H2,1-2H3,(H2,16,17,19,21). The molecule has 2 N–H and O–H groups in total. The second kappa shape index (κ2) is 9.19. The molecule has 23 heavy (non-hydrogen) atoms. The molecule has 0 saturated carbocycles. The molecule has 0 bridgehead atoms. The van der Waals surface area contributed by atoms with E-state index in [0.29, 0.717) is 11.8 Å². The molecule has 0 unspecified atom stereocenters. The third-order valence-electron chi connectivity index (χ3n) is 2.43. The summed E-state index contributed by atoms with van der Waals surface area (Å²) in [5, 5.41) is 4.46. The molecule has 0 aliphatic carbocycles. The van der Waals surface area contributed by atoms with Gasteiger partial charge in [0.05, 0.1) is 5.56 Å². The van der Waals surface area contributed by atoms with Gasteiger partial charge in [-0.1, -0.05) is 12.1 Å². The van der Waals surface area contributed by atoms with Crippen molar-refractivity contribution in [1.82, 2.24) is 10.6 Å². The fourth-order valence-corrected chi connectivity index (χ4v) is 1.49. The van der Waals surface area contributed by atoms with E-state index in [9.17, 15) is 19.2 Å².